The fraction of sp³-hybridized carbons (Fsp3) is 0.412. The molecule has 2 heterocycles. The van der Waals surface area contributed by atoms with Crippen LogP contribution in [0.3, 0.4) is 0 Å². The molecule has 0 bridgehead atoms. The normalized spacial score (nSPS) is 20.2. The standard InChI is InChI=1S/C17H15F3N4O2S/c18-17(19,20)11-2-1-3-12(7-11)24-8-10(6-13(24)25)14(26)21-16-23-22-15(27-16)9-4-5-9/h1-3,7,9-10H,4-6,8H2,(H,21,23,26). The van der Waals surface area contributed by atoms with Crippen molar-refractivity contribution in [3.05, 3.63) is 34.8 Å². The van der Waals surface area contributed by atoms with Crippen LogP contribution in [0.4, 0.5) is 24.0 Å². The number of nitrogens with zero attached hydrogens (tertiary/aromatic N) is 3. The number of hydrogen-bond donors (Lipinski definition) is 1. The molecule has 10 heteroatoms. The van der Waals surface area contributed by atoms with E-state index in [1.165, 1.54) is 28.4 Å². The number of aromatic nitrogens is 2. The lowest BCUT2D eigenvalue weighted by molar-refractivity contribution is -0.137. The van der Waals surface area contributed by atoms with Crippen LogP contribution in [0.1, 0.15) is 35.8 Å². The van der Waals surface area contributed by atoms with Crippen LogP contribution in [0.25, 0.3) is 0 Å². The van der Waals surface area contributed by atoms with Gasteiger partial charge in [-0.25, -0.2) is 0 Å². The predicted molar refractivity (Wildman–Crippen MR) is 92.4 cm³/mol. The molecule has 1 aromatic heterocycles. The maximum atomic E-state index is 12.9. The minimum absolute atomic E-state index is 0.0280. The van der Waals surface area contributed by atoms with Gasteiger partial charge in [-0.3, -0.25) is 9.59 Å². The van der Waals surface area contributed by atoms with Crippen molar-refractivity contribution in [2.45, 2.75) is 31.4 Å². The molecule has 4 rings (SSSR count). The fourth-order valence-electron chi connectivity index (χ4n) is 2.97. The summed E-state index contributed by atoms with van der Waals surface area (Å²) in [7, 11) is 0. The molecule has 1 N–H and O–H groups in total. The lowest BCUT2D eigenvalue weighted by Gasteiger charge is -2.18. The maximum Gasteiger partial charge on any atom is 0.416 e. The lowest BCUT2D eigenvalue weighted by Crippen LogP contribution is -2.28. The van der Waals surface area contributed by atoms with Gasteiger partial charge in [-0.2, -0.15) is 13.2 Å². The van der Waals surface area contributed by atoms with E-state index >= 15 is 0 Å². The van der Waals surface area contributed by atoms with E-state index in [1.54, 1.807) is 0 Å². The summed E-state index contributed by atoms with van der Waals surface area (Å²) in [5.41, 5.74) is -0.695. The summed E-state index contributed by atoms with van der Waals surface area (Å²) in [6, 6.07) is 4.55. The summed E-state index contributed by atoms with van der Waals surface area (Å²) < 4.78 is 38.6. The van der Waals surface area contributed by atoms with Gasteiger partial charge in [0, 0.05) is 24.6 Å². The molecule has 1 aromatic carbocycles. The number of benzene rings is 1. The average Bonchev–Trinajstić information content (AvgIpc) is 3.24. The number of carbonyl (C=O) groups is 2. The minimum Gasteiger partial charge on any atom is -0.312 e. The van der Waals surface area contributed by atoms with Gasteiger partial charge >= 0.3 is 6.18 Å². The third-order valence-electron chi connectivity index (χ3n) is 4.58. The van der Waals surface area contributed by atoms with Crippen molar-refractivity contribution in [2.24, 2.45) is 5.92 Å². The van der Waals surface area contributed by atoms with E-state index in [1.807, 2.05) is 0 Å². The second kappa shape index (κ2) is 6.59. The van der Waals surface area contributed by atoms with Gasteiger partial charge in [0.05, 0.1) is 11.5 Å². The average molecular weight is 396 g/mol. The summed E-state index contributed by atoms with van der Waals surface area (Å²) >= 11 is 1.32. The van der Waals surface area contributed by atoms with Gasteiger partial charge < -0.3 is 10.2 Å². The van der Waals surface area contributed by atoms with E-state index in [4.69, 9.17) is 0 Å². The first-order chi connectivity index (χ1) is 12.8. The molecule has 0 radical (unpaired) electrons. The molecule has 2 fully saturated rings. The molecule has 1 saturated heterocycles. The van der Waals surface area contributed by atoms with Crippen molar-refractivity contribution in [2.75, 3.05) is 16.8 Å². The molecule has 6 nitrogen and oxygen atoms in total. The Bertz CT molecular complexity index is 894. The highest BCUT2D eigenvalue weighted by Gasteiger charge is 2.37. The topological polar surface area (TPSA) is 75.2 Å². The second-order valence-electron chi connectivity index (χ2n) is 6.66. The first kappa shape index (κ1) is 17.9. The Kier molecular flexibility index (Phi) is 4.37. The van der Waals surface area contributed by atoms with Gasteiger partial charge in [0.25, 0.3) is 0 Å². The van der Waals surface area contributed by atoms with Gasteiger partial charge in [0.15, 0.2) is 0 Å². The molecular weight excluding hydrogens is 381 g/mol. The number of hydrogen-bond acceptors (Lipinski definition) is 5. The van der Waals surface area contributed by atoms with E-state index in [2.05, 4.69) is 15.5 Å². The summed E-state index contributed by atoms with van der Waals surface area (Å²) in [5, 5.41) is 11.9. The van der Waals surface area contributed by atoms with Crippen molar-refractivity contribution in [3.63, 3.8) is 0 Å². The van der Waals surface area contributed by atoms with Crippen molar-refractivity contribution in [1.29, 1.82) is 0 Å². The highest BCUT2D eigenvalue weighted by Crippen LogP contribution is 2.42. The smallest absolute Gasteiger partial charge is 0.312 e. The van der Waals surface area contributed by atoms with E-state index in [0.29, 0.717) is 11.0 Å². The van der Waals surface area contributed by atoms with Crippen molar-refractivity contribution < 1.29 is 22.8 Å². The molecule has 27 heavy (non-hydrogen) atoms. The molecule has 0 spiro atoms. The first-order valence-electron chi connectivity index (χ1n) is 8.43. The zero-order chi connectivity index (χ0) is 19.2. The van der Waals surface area contributed by atoms with Crippen LogP contribution in [0.2, 0.25) is 0 Å². The zero-order valence-electron chi connectivity index (χ0n) is 14.0. The predicted octanol–water partition coefficient (Wildman–Crippen LogP) is 3.43. The number of amides is 2. The number of rotatable bonds is 4. The van der Waals surface area contributed by atoms with Crippen LogP contribution in [0.5, 0.6) is 0 Å². The van der Waals surface area contributed by atoms with Gasteiger partial charge in [0.2, 0.25) is 16.9 Å². The summed E-state index contributed by atoms with van der Waals surface area (Å²) in [6.45, 7) is 0.0280. The van der Waals surface area contributed by atoms with Crippen molar-refractivity contribution >= 4 is 34.0 Å². The Balaban J connectivity index is 1.44. The number of alkyl halides is 3. The van der Waals surface area contributed by atoms with Crippen molar-refractivity contribution in [1.82, 2.24) is 10.2 Å². The molecule has 142 valence electrons. The van der Waals surface area contributed by atoms with Crippen LogP contribution in [-0.4, -0.2) is 28.6 Å². The Hall–Kier alpha value is -2.49. The van der Waals surface area contributed by atoms with Crippen LogP contribution >= 0.6 is 11.3 Å². The largest absolute Gasteiger partial charge is 0.416 e. The van der Waals surface area contributed by atoms with Crippen LogP contribution in [0, 0.1) is 5.92 Å². The fourth-order valence-corrected chi connectivity index (χ4v) is 3.89. The summed E-state index contributed by atoms with van der Waals surface area (Å²) in [4.78, 5) is 25.9. The third kappa shape index (κ3) is 3.80. The minimum atomic E-state index is -4.49. The molecule has 2 aromatic rings. The SMILES string of the molecule is O=C(Nc1nnc(C2CC2)s1)C1CC(=O)N(c2cccc(C(F)(F)F)c2)C1. The van der Waals surface area contributed by atoms with E-state index < -0.39 is 17.7 Å². The number of halogens is 3. The molecule has 1 aliphatic carbocycles. The van der Waals surface area contributed by atoms with Crippen LogP contribution in [-0.2, 0) is 15.8 Å². The number of anilines is 2. The van der Waals surface area contributed by atoms with E-state index in [9.17, 15) is 22.8 Å². The second-order valence-corrected chi connectivity index (χ2v) is 7.67. The summed E-state index contributed by atoms with van der Waals surface area (Å²) in [5.74, 6) is -0.986. The molecule has 1 saturated carbocycles. The van der Waals surface area contributed by atoms with E-state index in [-0.39, 0.29) is 30.5 Å². The Morgan fingerprint density at radius 3 is 2.74 bits per heavy atom. The lowest BCUT2D eigenvalue weighted by atomic mass is 10.1. The van der Waals surface area contributed by atoms with Gasteiger partial charge in [-0.05, 0) is 31.0 Å². The quantitative estimate of drug-likeness (QED) is 0.859. The van der Waals surface area contributed by atoms with Gasteiger partial charge in [0.1, 0.15) is 5.01 Å². The molecule has 2 aliphatic rings. The number of nitrogens with one attached hydrogen (secondary N) is 1. The third-order valence-corrected chi connectivity index (χ3v) is 5.58. The zero-order valence-corrected chi connectivity index (χ0v) is 14.8. The van der Waals surface area contributed by atoms with Crippen LogP contribution in [0.15, 0.2) is 24.3 Å². The molecule has 1 aliphatic heterocycles. The Morgan fingerprint density at radius 2 is 2.04 bits per heavy atom. The highest BCUT2D eigenvalue weighted by molar-refractivity contribution is 7.15. The highest BCUT2D eigenvalue weighted by atomic mass is 32.1. The Morgan fingerprint density at radius 1 is 1.26 bits per heavy atom. The molecule has 2 amide bonds. The Labute approximate surface area is 156 Å². The molecule has 1 atom stereocenters. The first-order valence-corrected chi connectivity index (χ1v) is 9.25. The van der Waals surface area contributed by atoms with Gasteiger partial charge in [-0.1, -0.05) is 17.4 Å². The maximum absolute atomic E-state index is 12.9. The van der Waals surface area contributed by atoms with Gasteiger partial charge in [-0.15, -0.1) is 10.2 Å². The van der Waals surface area contributed by atoms with Crippen LogP contribution < -0.4 is 10.2 Å². The van der Waals surface area contributed by atoms with E-state index in [0.717, 1.165) is 30.0 Å². The monoisotopic (exact) mass is 396 g/mol. The molecular formula is C17H15F3N4O2S. The van der Waals surface area contributed by atoms with Crippen molar-refractivity contribution in [3.8, 4) is 0 Å². The number of carbonyl (C=O) groups excluding carboxylic acids is 2. The summed E-state index contributed by atoms with van der Waals surface area (Å²) in [6.07, 6.45) is -2.40. The molecule has 1 unspecified atom stereocenters.